The Labute approximate surface area is 359 Å². The zero-order valence-electron chi connectivity index (χ0n) is 34.0. The molecule has 2 N–H and O–H groups in total. The fourth-order valence-electron chi connectivity index (χ4n) is 7.84. The van der Waals surface area contributed by atoms with Crippen molar-refractivity contribution in [2.75, 3.05) is 21.3 Å². The molecule has 2 aliphatic heterocycles. The lowest BCUT2D eigenvalue weighted by Crippen LogP contribution is -2.00. The summed E-state index contributed by atoms with van der Waals surface area (Å²) in [5, 5.41) is 3.78. The predicted molar refractivity (Wildman–Crippen MR) is 243 cm³/mol. The number of nitrogens with one attached hydrogen (secondary N) is 2. The van der Waals surface area contributed by atoms with Crippen LogP contribution in [0.5, 0.6) is 0 Å². The summed E-state index contributed by atoms with van der Waals surface area (Å²) in [7, 11) is 4.04. The van der Waals surface area contributed by atoms with Crippen LogP contribution in [0.4, 0.5) is 5.69 Å². The average Bonchev–Trinajstić information content (AvgIpc) is 4.18. The van der Waals surface area contributed by atoms with Crippen LogP contribution in [-0.2, 0) is 14.2 Å². The first-order valence-corrected chi connectivity index (χ1v) is 19.6. The number of carbonyl (C=O) groups excluding carboxylic acids is 3. The number of hydrogen-bond donors (Lipinski definition) is 2. The smallest absolute Gasteiger partial charge is 0.337 e. The number of carbonyl (C=O) groups is 3. The van der Waals surface area contributed by atoms with Crippen LogP contribution < -0.4 is 0 Å². The third kappa shape index (κ3) is 7.52. The van der Waals surface area contributed by atoms with Gasteiger partial charge in [-0.05, 0) is 113 Å². The van der Waals surface area contributed by atoms with Crippen LogP contribution >= 0.6 is 0 Å². The highest BCUT2D eigenvalue weighted by Gasteiger charge is 2.20. The number of benzene rings is 4. The van der Waals surface area contributed by atoms with Crippen molar-refractivity contribution in [3.63, 3.8) is 0 Å². The van der Waals surface area contributed by atoms with E-state index in [1.54, 1.807) is 48.5 Å². The van der Waals surface area contributed by atoms with Gasteiger partial charge in [0.15, 0.2) is 0 Å². The highest BCUT2D eigenvalue weighted by atomic mass is 16.5. The highest BCUT2D eigenvalue weighted by molar-refractivity contribution is 6.01. The largest absolute Gasteiger partial charge is 0.465 e. The van der Waals surface area contributed by atoms with E-state index in [2.05, 4.69) is 20.0 Å². The minimum absolute atomic E-state index is 0.402. The summed E-state index contributed by atoms with van der Waals surface area (Å²) < 4.78 is 15.0. The van der Waals surface area contributed by atoms with Crippen molar-refractivity contribution >= 4 is 70.0 Å². The third-order valence-electron chi connectivity index (χ3n) is 10.9. The van der Waals surface area contributed by atoms with E-state index in [9.17, 15) is 14.4 Å². The number of aromatic nitrogens is 4. The Morgan fingerprint density at radius 2 is 0.714 bits per heavy atom. The number of ether oxygens (including phenoxy) is 3. The maximum Gasteiger partial charge on any atom is 0.337 e. The maximum atomic E-state index is 12.5. The van der Waals surface area contributed by atoms with Gasteiger partial charge in [0.05, 0.1) is 60.8 Å². The van der Waals surface area contributed by atoms with Gasteiger partial charge in [0.25, 0.3) is 0 Å². The van der Waals surface area contributed by atoms with E-state index in [1.165, 1.54) is 21.3 Å². The molecule has 5 heterocycles. The Morgan fingerprint density at radius 1 is 0.444 bits per heavy atom. The van der Waals surface area contributed by atoms with Gasteiger partial charge in [-0.25, -0.2) is 24.4 Å². The van der Waals surface area contributed by atoms with Gasteiger partial charge >= 0.3 is 17.9 Å². The molecule has 0 saturated heterocycles. The minimum atomic E-state index is -0.451. The van der Waals surface area contributed by atoms with E-state index in [4.69, 9.17) is 29.7 Å². The number of nitrogens with zero attached hydrogens (tertiary/aromatic N) is 5. The number of rotatable bonds is 8. The van der Waals surface area contributed by atoms with Crippen molar-refractivity contribution in [1.29, 1.82) is 0 Å². The molecule has 0 spiro atoms. The topological polar surface area (TPSA) is 185 Å². The molecule has 306 valence electrons. The second kappa shape index (κ2) is 16.7. The zero-order chi connectivity index (χ0) is 43.6. The number of hydrogen-bond acceptors (Lipinski definition) is 9. The lowest BCUT2D eigenvalue weighted by atomic mass is 10.0. The number of aromatic amines is 2. The average molecular weight is 830 g/mol. The normalized spacial score (nSPS) is 11.5. The molecule has 0 amide bonds. The maximum absolute atomic E-state index is 12.5. The summed E-state index contributed by atoms with van der Waals surface area (Å²) in [4.78, 5) is 58.3. The van der Waals surface area contributed by atoms with E-state index in [0.29, 0.717) is 45.2 Å². The number of methoxy groups -OCH3 is 3. The fourth-order valence-corrected chi connectivity index (χ4v) is 7.84. The van der Waals surface area contributed by atoms with Crippen molar-refractivity contribution in [3.8, 4) is 44.5 Å². The molecular formula is C50H35N7O6. The molecule has 3 aromatic heterocycles. The van der Waals surface area contributed by atoms with E-state index in [-0.39, 0.29) is 0 Å². The van der Waals surface area contributed by atoms with Crippen LogP contribution in [0.25, 0.3) is 101 Å². The predicted octanol–water partition coefficient (Wildman–Crippen LogP) is 11.6. The van der Waals surface area contributed by atoms with Gasteiger partial charge in [0.1, 0.15) is 0 Å². The van der Waals surface area contributed by atoms with E-state index >= 15 is 0 Å². The molecule has 0 fully saturated rings. The van der Waals surface area contributed by atoms with Crippen LogP contribution in [0.2, 0.25) is 0 Å². The van der Waals surface area contributed by atoms with Gasteiger partial charge in [0, 0.05) is 54.9 Å². The minimum Gasteiger partial charge on any atom is -0.465 e. The van der Waals surface area contributed by atoms with Crippen LogP contribution in [0, 0.1) is 0 Å². The van der Waals surface area contributed by atoms with Crippen molar-refractivity contribution < 1.29 is 28.6 Å². The lowest BCUT2D eigenvalue weighted by Gasteiger charge is -2.08. The number of esters is 3. The standard InChI is InChI=1S/C50H35N7O6/c1-61-48(58)32-10-4-28(5-11-32)44-36-20-22-38(52-36)45(29-6-12-33(13-7-29)49(59)62-2)40-24-26-42(54-40)47(31-16-18-35(19-17-31)56-57-51)43-27-25-41(55-43)46(39-23-21-37(44)53-39)30-8-14-34(15-9-30)50(60)63-3/h4-27,52,55H,1-3H3. The Hall–Kier alpha value is -8.80. The first-order chi connectivity index (χ1) is 30.8. The second-order valence-corrected chi connectivity index (χ2v) is 14.4. The molecule has 9 rings (SSSR count). The quantitative estimate of drug-likeness (QED) is 0.0498. The van der Waals surface area contributed by atoms with Crippen LogP contribution in [-0.4, -0.2) is 59.2 Å². The third-order valence-corrected chi connectivity index (χ3v) is 10.9. The van der Waals surface area contributed by atoms with E-state index in [0.717, 1.165) is 66.6 Å². The summed E-state index contributed by atoms with van der Waals surface area (Å²) in [5.41, 5.74) is 22.6. The van der Waals surface area contributed by atoms with Crippen molar-refractivity contribution in [2.45, 2.75) is 0 Å². The summed E-state index contributed by atoms with van der Waals surface area (Å²) in [5.74, 6) is -1.35. The Kier molecular flexibility index (Phi) is 10.5. The van der Waals surface area contributed by atoms with E-state index < -0.39 is 17.9 Å². The molecule has 0 saturated carbocycles. The van der Waals surface area contributed by atoms with Gasteiger partial charge in [-0.3, -0.25) is 0 Å². The number of fused-ring (bicyclic) bond motifs is 8. The molecule has 0 atom stereocenters. The summed E-state index contributed by atoms with van der Waals surface area (Å²) in [6, 6.07) is 36.7. The number of H-pyrrole nitrogens is 2. The van der Waals surface area contributed by atoms with Gasteiger partial charge in [-0.15, -0.1) is 0 Å². The summed E-state index contributed by atoms with van der Waals surface area (Å²) in [6.07, 6.45) is 7.82. The molecule has 0 unspecified atom stereocenters. The molecule has 2 aliphatic rings. The van der Waals surface area contributed by atoms with E-state index in [1.807, 2.05) is 97.1 Å². The molecule has 13 heteroatoms. The summed E-state index contributed by atoms with van der Waals surface area (Å²) in [6.45, 7) is 0. The summed E-state index contributed by atoms with van der Waals surface area (Å²) >= 11 is 0. The van der Waals surface area contributed by atoms with Crippen LogP contribution in [0.1, 0.15) is 53.8 Å². The first kappa shape index (κ1) is 39.6. The second-order valence-electron chi connectivity index (χ2n) is 14.4. The lowest BCUT2D eigenvalue weighted by molar-refractivity contribution is 0.0592. The van der Waals surface area contributed by atoms with Crippen LogP contribution in [0.3, 0.4) is 0 Å². The highest BCUT2D eigenvalue weighted by Crippen LogP contribution is 2.39. The number of azide groups is 1. The first-order valence-electron chi connectivity index (χ1n) is 19.6. The Bertz CT molecular complexity index is 3210. The molecule has 0 aliphatic carbocycles. The molecule has 0 radical (unpaired) electrons. The van der Waals surface area contributed by atoms with Gasteiger partial charge in [0.2, 0.25) is 0 Å². The van der Waals surface area contributed by atoms with Crippen molar-refractivity contribution in [2.24, 2.45) is 5.11 Å². The molecule has 63 heavy (non-hydrogen) atoms. The van der Waals surface area contributed by atoms with Crippen molar-refractivity contribution in [1.82, 2.24) is 19.9 Å². The Morgan fingerprint density at radius 3 is 0.968 bits per heavy atom. The van der Waals surface area contributed by atoms with Gasteiger partial charge in [-0.1, -0.05) is 65.8 Å². The molecule has 7 aromatic rings. The molecule has 4 aromatic carbocycles. The Balaban J connectivity index is 1.41. The zero-order valence-corrected chi connectivity index (χ0v) is 34.0. The van der Waals surface area contributed by atoms with Gasteiger partial charge in [-0.2, -0.15) is 0 Å². The van der Waals surface area contributed by atoms with Crippen LogP contribution in [0.15, 0.2) is 126 Å². The van der Waals surface area contributed by atoms with Gasteiger partial charge < -0.3 is 24.2 Å². The molecule has 13 nitrogen and oxygen atoms in total. The SMILES string of the molecule is COC(=O)c1ccc(-c2c3nc(c(-c4ccc(C(=O)OC)cc4)c4ccc([nH]4)c(-c4ccc(C(=O)OC)cc4)c4nc(c(-c5ccc(N=[N+]=[N-])cc5)c5ccc2[nH]5)C=C4)C=C3)cc1. The monoisotopic (exact) mass is 829 g/mol. The molecule has 8 bridgehead atoms. The molecular weight excluding hydrogens is 795 g/mol. The van der Waals surface area contributed by atoms with Crippen molar-refractivity contribution in [3.05, 3.63) is 171 Å². The fraction of sp³-hybridized carbons (Fsp3) is 0.0600.